The summed E-state index contributed by atoms with van der Waals surface area (Å²) in [4.78, 5) is 4.11. The molecule has 0 bridgehead atoms. The summed E-state index contributed by atoms with van der Waals surface area (Å²) in [6.07, 6.45) is -5.02. The van der Waals surface area contributed by atoms with Gasteiger partial charge in [0.1, 0.15) is 5.82 Å². The number of aromatic nitrogens is 1. The lowest BCUT2D eigenvalue weighted by molar-refractivity contribution is -0.134. The fourth-order valence-electron chi connectivity index (χ4n) is 1.37. The van der Waals surface area contributed by atoms with Gasteiger partial charge in [0.15, 0.2) is 0 Å². The largest absolute Gasteiger partial charge is 0.473 e. The van der Waals surface area contributed by atoms with Crippen molar-refractivity contribution in [1.82, 2.24) is 4.98 Å². The Kier molecular flexibility index (Phi) is 5.26. The van der Waals surface area contributed by atoms with Crippen LogP contribution in [0.4, 0.5) is 24.7 Å². The van der Waals surface area contributed by atoms with Crippen molar-refractivity contribution in [3.63, 3.8) is 0 Å². The fourth-order valence-corrected chi connectivity index (χ4v) is 1.37. The van der Waals surface area contributed by atoms with E-state index in [0.717, 1.165) is 0 Å². The lowest BCUT2D eigenvalue weighted by atomic mass is 10.3. The van der Waals surface area contributed by atoms with E-state index in [4.69, 9.17) is 10.5 Å². The number of hydrogen-bond donors (Lipinski definition) is 2. The molecular weight excluding hydrogens is 259 g/mol. The lowest BCUT2D eigenvalue weighted by Crippen LogP contribution is -2.13. The highest BCUT2D eigenvalue weighted by atomic mass is 19.4. The topological polar surface area (TPSA) is 60.2 Å². The summed E-state index contributed by atoms with van der Waals surface area (Å²) < 4.78 is 41.3. The molecule has 7 heteroatoms. The number of alkyl halides is 3. The zero-order valence-corrected chi connectivity index (χ0v) is 10.9. The Balaban J connectivity index is 2.50. The van der Waals surface area contributed by atoms with E-state index in [1.54, 1.807) is 12.1 Å². The SMILES string of the molecule is CC(C)Oc1nc(NCCCC(F)(F)F)ccc1N. The number of nitrogen functional groups attached to an aromatic ring is 1. The van der Waals surface area contributed by atoms with Crippen LogP contribution in [-0.4, -0.2) is 23.8 Å². The van der Waals surface area contributed by atoms with Gasteiger partial charge in [-0.1, -0.05) is 0 Å². The van der Waals surface area contributed by atoms with Crippen LogP contribution in [0.25, 0.3) is 0 Å². The van der Waals surface area contributed by atoms with E-state index in [-0.39, 0.29) is 24.9 Å². The number of pyridine rings is 1. The quantitative estimate of drug-likeness (QED) is 0.784. The first-order chi connectivity index (χ1) is 8.78. The molecule has 19 heavy (non-hydrogen) atoms. The molecule has 0 aromatic carbocycles. The van der Waals surface area contributed by atoms with Gasteiger partial charge >= 0.3 is 6.18 Å². The van der Waals surface area contributed by atoms with E-state index in [2.05, 4.69) is 10.3 Å². The van der Waals surface area contributed by atoms with Crippen molar-refractivity contribution >= 4 is 11.5 Å². The van der Waals surface area contributed by atoms with Gasteiger partial charge in [0.05, 0.1) is 11.8 Å². The van der Waals surface area contributed by atoms with Crippen LogP contribution < -0.4 is 15.8 Å². The summed E-state index contributed by atoms with van der Waals surface area (Å²) in [5, 5.41) is 2.81. The Labute approximate surface area is 110 Å². The molecule has 0 saturated carbocycles. The molecule has 4 nitrogen and oxygen atoms in total. The molecule has 0 atom stereocenters. The van der Waals surface area contributed by atoms with Gasteiger partial charge in [0.25, 0.3) is 0 Å². The number of rotatable bonds is 6. The maximum absolute atomic E-state index is 12.0. The minimum atomic E-state index is -4.12. The summed E-state index contributed by atoms with van der Waals surface area (Å²) in [5.74, 6) is 0.739. The smallest absolute Gasteiger partial charge is 0.389 e. The molecule has 0 saturated heterocycles. The zero-order chi connectivity index (χ0) is 14.5. The monoisotopic (exact) mass is 277 g/mol. The summed E-state index contributed by atoms with van der Waals surface area (Å²) in [7, 11) is 0. The minimum Gasteiger partial charge on any atom is -0.473 e. The van der Waals surface area contributed by atoms with Crippen molar-refractivity contribution in [2.45, 2.75) is 39.0 Å². The van der Waals surface area contributed by atoms with Gasteiger partial charge in [-0.25, -0.2) is 0 Å². The summed E-state index contributed by atoms with van der Waals surface area (Å²) in [6.45, 7) is 3.87. The Morgan fingerprint density at radius 2 is 2.05 bits per heavy atom. The van der Waals surface area contributed by atoms with Crippen LogP contribution in [0.5, 0.6) is 5.88 Å². The second-order valence-electron chi connectivity index (χ2n) is 4.40. The van der Waals surface area contributed by atoms with Crippen molar-refractivity contribution in [2.75, 3.05) is 17.6 Å². The van der Waals surface area contributed by atoms with Crippen LogP contribution in [0.15, 0.2) is 12.1 Å². The number of nitrogens with zero attached hydrogens (tertiary/aromatic N) is 1. The van der Waals surface area contributed by atoms with Gasteiger partial charge in [0, 0.05) is 13.0 Å². The lowest BCUT2D eigenvalue weighted by Gasteiger charge is -2.13. The molecule has 0 aliphatic heterocycles. The number of nitrogens with two attached hydrogens (primary N) is 1. The van der Waals surface area contributed by atoms with Crippen molar-refractivity contribution < 1.29 is 17.9 Å². The van der Waals surface area contributed by atoms with Crippen molar-refractivity contribution in [2.24, 2.45) is 0 Å². The number of ether oxygens (including phenoxy) is 1. The van der Waals surface area contributed by atoms with E-state index < -0.39 is 12.6 Å². The van der Waals surface area contributed by atoms with Crippen LogP contribution in [0, 0.1) is 0 Å². The van der Waals surface area contributed by atoms with E-state index in [9.17, 15) is 13.2 Å². The molecule has 1 aromatic heterocycles. The molecule has 0 amide bonds. The summed E-state index contributed by atoms with van der Waals surface area (Å²) in [5.41, 5.74) is 6.08. The van der Waals surface area contributed by atoms with Crippen LogP contribution in [0.1, 0.15) is 26.7 Å². The first-order valence-electron chi connectivity index (χ1n) is 6.02. The Morgan fingerprint density at radius 3 is 2.63 bits per heavy atom. The molecule has 0 aliphatic carbocycles. The minimum absolute atomic E-state index is 0.00404. The molecule has 0 spiro atoms. The second kappa shape index (κ2) is 6.49. The maximum Gasteiger partial charge on any atom is 0.389 e. The Bertz CT molecular complexity index is 408. The molecule has 0 radical (unpaired) electrons. The molecule has 0 fully saturated rings. The van der Waals surface area contributed by atoms with Gasteiger partial charge < -0.3 is 15.8 Å². The number of hydrogen-bond acceptors (Lipinski definition) is 4. The van der Waals surface area contributed by atoms with Crippen LogP contribution in [0.3, 0.4) is 0 Å². The van der Waals surface area contributed by atoms with Gasteiger partial charge in [-0.2, -0.15) is 18.2 Å². The summed E-state index contributed by atoms with van der Waals surface area (Å²) in [6, 6.07) is 3.22. The molecule has 108 valence electrons. The van der Waals surface area contributed by atoms with Gasteiger partial charge in [0.2, 0.25) is 5.88 Å². The van der Waals surface area contributed by atoms with Crippen LogP contribution in [0.2, 0.25) is 0 Å². The third-order valence-corrected chi connectivity index (χ3v) is 2.18. The van der Waals surface area contributed by atoms with Crippen LogP contribution >= 0.6 is 0 Å². The van der Waals surface area contributed by atoms with E-state index >= 15 is 0 Å². The first-order valence-corrected chi connectivity index (χ1v) is 6.02. The third kappa shape index (κ3) is 6.17. The van der Waals surface area contributed by atoms with Gasteiger partial charge in [-0.15, -0.1) is 0 Å². The molecule has 0 aliphatic rings. The highest BCUT2D eigenvalue weighted by molar-refractivity contribution is 5.53. The van der Waals surface area contributed by atoms with Crippen molar-refractivity contribution in [3.8, 4) is 5.88 Å². The number of nitrogens with one attached hydrogen (secondary N) is 1. The van der Waals surface area contributed by atoms with E-state index in [0.29, 0.717) is 11.5 Å². The van der Waals surface area contributed by atoms with Crippen LogP contribution in [-0.2, 0) is 0 Å². The summed E-state index contributed by atoms with van der Waals surface area (Å²) >= 11 is 0. The third-order valence-electron chi connectivity index (χ3n) is 2.18. The molecule has 1 heterocycles. The highest BCUT2D eigenvalue weighted by Crippen LogP contribution is 2.23. The Hall–Kier alpha value is -1.66. The molecule has 1 aromatic rings. The second-order valence-corrected chi connectivity index (χ2v) is 4.40. The standard InChI is InChI=1S/C12H18F3N3O/c1-8(2)19-11-9(16)4-5-10(18-11)17-7-3-6-12(13,14)15/h4-5,8H,3,6-7,16H2,1-2H3,(H,17,18). The highest BCUT2D eigenvalue weighted by Gasteiger charge is 2.25. The fraction of sp³-hybridized carbons (Fsp3) is 0.583. The first kappa shape index (κ1) is 15.4. The average Bonchev–Trinajstić information content (AvgIpc) is 2.26. The molecule has 1 rings (SSSR count). The number of halogens is 3. The average molecular weight is 277 g/mol. The van der Waals surface area contributed by atoms with Gasteiger partial charge in [-0.05, 0) is 32.4 Å². The van der Waals surface area contributed by atoms with Crippen molar-refractivity contribution in [1.29, 1.82) is 0 Å². The van der Waals surface area contributed by atoms with E-state index in [1.807, 2.05) is 13.8 Å². The van der Waals surface area contributed by atoms with E-state index in [1.165, 1.54) is 0 Å². The normalized spacial score (nSPS) is 11.7. The predicted molar refractivity (Wildman–Crippen MR) is 68.2 cm³/mol. The van der Waals surface area contributed by atoms with Crippen molar-refractivity contribution in [3.05, 3.63) is 12.1 Å². The van der Waals surface area contributed by atoms with Gasteiger partial charge in [-0.3, -0.25) is 0 Å². The Morgan fingerprint density at radius 1 is 1.37 bits per heavy atom. The molecule has 0 unspecified atom stereocenters. The zero-order valence-electron chi connectivity index (χ0n) is 10.9. The molecule has 3 N–H and O–H groups in total. The maximum atomic E-state index is 12.0. The number of anilines is 2. The predicted octanol–water partition coefficient (Wildman–Crippen LogP) is 3.21. The molecular formula is C12H18F3N3O.